The van der Waals surface area contributed by atoms with Gasteiger partial charge in [0.15, 0.2) is 0 Å². The number of furan rings is 1. The molecule has 3 rings (SSSR count). The van der Waals surface area contributed by atoms with Gasteiger partial charge in [0.25, 0.3) is 0 Å². The smallest absolute Gasteiger partial charge is 0.316 e. The molecule has 2 saturated heterocycles. The SMILES string of the molecule is CCc1ccc(CN2CC[C@H]3[C@H](CO[C@H]3CNC(=O)N(C)C)C2)o1. The Kier molecular flexibility index (Phi) is 5.46. The monoisotopic (exact) mass is 335 g/mol. The third-order valence-corrected chi connectivity index (χ3v) is 5.18. The highest BCUT2D eigenvalue weighted by Crippen LogP contribution is 2.34. The lowest BCUT2D eigenvalue weighted by atomic mass is 9.84. The van der Waals surface area contributed by atoms with E-state index in [4.69, 9.17) is 9.15 Å². The highest BCUT2D eigenvalue weighted by atomic mass is 16.5. The van der Waals surface area contributed by atoms with Crippen molar-refractivity contribution in [3.8, 4) is 0 Å². The first-order chi connectivity index (χ1) is 11.6. The summed E-state index contributed by atoms with van der Waals surface area (Å²) in [5, 5.41) is 2.95. The molecular weight excluding hydrogens is 306 g/mol. The van der Waals surface area contributed by atoms with Crippen LogP contribution in [0.1, 0.15) is 24.9 Å². The molecule has 1 aromatic heterocycles. The Balaban J connectivity index is 1.48. The lowest BCUT2D eigenvalue weighted by molar-refractivity contribution is 0.0839. The number of hydrogen-bond acceptors (Lipinski definition) is 4. The van der Waals surface area contributed by atoms with Gasteiger partial charge in [-0.1, -0.05) is 6.92 Å². The second kappa shape index (κ2) is 7.57. The molecule has 134 valence electrons. The number of aryl methyl sites for hydroxylation is 1. The molecule has 2 fully saturated rings. The highest BCUT2D eigenvalue weighted by molar-refractivity contribution is 5.73. The Morgan fingerprint density at radius 3 is 2.88 bits per heavy atom. The molecule has 0 saturated carbocycles. The van der Waals surface area contributed by atoms with E-state index in [0.29, 0.717) is 18.4 Å². The molecule has 6 heteroatoms. The van der Waals surface area contributed by atoms with Crippen LogP contribution in [0.2, 0.25) is 0 Å². The van der Waals surface area contributed by atoms with Crippen molar-refractivity contribution in [3.05, 3.63) is 23.7 Å². The number of carbonyl (C=O) groups excluding carboxylic acids is 1. The van der Waals surface area contributed by atoms with E-state index < -0.39 is 0 Å². The zero-order valence-electron chi connectivity index (χ0n) is 15.0. The number of ether oxygens (including phenoxy) is 1. The van der Waals surface area contributed by atoms with Gasteiger partial charge in [-0.15, -0.1) is 0 Å². The molecule has 0 bridgehead atoms. The Labute approximate surface area is 144 Å². The largest absolute Gasteiger partial charge is 0.465 e. The van der Waals surface area contributed by atoms with Crippen LogP contribution in [0, 0.1) is 11.8 Å². The number of hydrogen-bond donors (Lipinski definition) is 1. The minimum Gasteiger partial charge on any atom is -0.465 e. The van der Waals surface area contributed by atoms with Crippen LogP contribution in [0.5, 0.6) is 0 Å². The third-order valence-electron chi connectivity index (χ3n) is 5.18. The summed E-state index contributed by atoms with van der Waals surface area (Å²) in [6.45, 7) is 6.50. The van der Waals surface area contributed by atoms with Crippen LogP contribution >= 0.6 is 0 Å². The Morgan fingerprint density at radius 1 is 1.38 bits per heavy atom. The van der Waals surface area contributed by atoms with Crippen molar-refractivity contribution in [1.82, 2.24) is 15.1 Å². The number of nitrogens with one attached hydrogen (secondary N) is 1. The van der Waals surface area contributed by atoms with Gasteiger partial charge in [0.1, 0.15) is 11.5 Å². The van der Waals surface area contributed by atoms with Gasteiger partial charge in [-0.25, -0.2) is 4.79 Å². The topological polar surface area (TPSA) is 58.0 Å². The molecule has 2 amide bonds. The predicted molar refractivity (Wildman–Crippen MR) is 91.8 cm³/mol. The van der Waals surface area contributed by atoms with Crippen LogP contribution in [0.25, 0.3) is 0 Å². The van der Waals surface area contributed by atoms with E-state index in [0.717, 1.165) is 50.6 Å². The quantitative estimate of drug-likeness (QED) is 0.893. The summed E-state index contributed by atoms with van der Waals surface area (Å²) < 4.78 is 11.8. The second-order valence-electron chi connectivity index (χ2n) is 7.12. The minimum atomic E-state index is -0.0518. The third kappa shape index (κ3) is 3.92. The van der Waals surface area contributed by atoms with Gasteiger partial charge in [0, 0.05) is 39.5 Å². The average Bonchev–Trinajstić information content (AvgIpc) is 3.18. The number of carbonyl (C=O) groups is 1. The summed E-state index contributed by atoms with van der Waals surface area (Å²) in [6.07, 6.45) is 2.21. The summed E-state index contributed by atoms with van der Waals surface area (Å²) in [5.74, 6) is 3.21. The predicted octanol–water partition coefficient (Wildman–Crippen LogP) is 1.95. The number of nitrogens with zero attached hydrogens (tertiary/aromatic N) is 2. The number of piperidine rings is 1. The second-order valence-corrected chi connectivity index (χ2v) is 7.12. The van der Waals surface area contributed by atoms with Crippen molar-refractivity contribution in [2.75, 3.05) is 40.3 Å². The molecule has 6 nitrogen and oxygen atoms in total. The molecule has 1 N–H and O–H groups in total. The van der Waals surface area contributed by atoms with E-state index in [2.05, 4.69) is 29.3 Å². The van der Waals surface area contributed by atoms with Gasteiger partial charge in [0.05, 0.1) is 19.3 Å². The summed E-state index contributed by atoms with van der Waals surface area (Å²) >= 11 is 0. The fourth-order valence-electron chi connectivity index (χ4n) is 3.78. The van der Waals surface area contributed by atoms with Gasteiger partial charge in [-0.2, -0.15) is 0 Å². The van der Waals surface area contributed by atoms with Crippen molar-refractivity contribution >= 4 is 6.03 Å². The maximum Gasteiger partial charge on any atom is 0.316 e. The zero-order chi connectivity index (χ0) is 17.1. The van der Waals surface area contributed by atoms with Gasteiger partial charge in [-0.3, -0.25) is 4.90 Å². The number of likely N-dealkylation sites (tertiary alicyclic amines) is 1. The van der Waals surface area contributed by atoms with E-state index >= 15 is 0 Å². The number of rotatable bonds is 5. The summed E-state index contributed by atoms with van der Waals surface area (Å²) in [6, 6.07) is 4.11. The van der Waals surface area contributed by atoms with Crippen molar-refractivity contribution < 1.29 is 13.9 Å². The Hall–Kier alpha value is -1.53. The summed E-state index contributed by atoms with van der Waals surface area (Å²) in [4.78, 5) is 15.7. The Bertz CT molecular complexity index is 557. The summed E-state index contributed by atoms with van der Waals surface area (Å²) in [7, 11) is 3.51. The molecule has 0 aliphatic carbocycles. The number of amides is 2. The molecular formula is C18H29N3O3. The van der Waals surface area contributed by atoms with Gasteiger partial charge in [0.2, 0.25) is 0 Å². The van der Waals surface area contributed by atoms with Gasteiger partial charge >= 0.3 is 6.03 Å². The van der Waals surface area contributed by atoms with Gasteiger partial charge < -0.3 is 19.4 Å². The maximum absolute atomic E-state index is 11.7. The average molecular weight is 335 g/mol. The number of urea groups is 1. The molecule has 0 radical (unpaired) electrons. The van der Waals surface area contributed by atoms with Crippen LogP contribution < -0.4 is 5.32 Å². The van der Waals surface area contributed by atoms with Crippen molar-refractivity contribution in [3.63, 3.8) is 0 Å². The molecule has 2 aliphatic rings. The van der Waals surface area contributed by atoms with Crippen LogP contribution in [0.3, 0.4) is 0 Å². The molecule has 2 aliphatic heterocycles. The fraction of sp³-hybridized carbons (Fsp3) is 0.722. The minimum absolute atomic E-state index is 0.0518. The van der Waals surface area contributed by atoms with E-state index in [1.165, 1.54) is 0 Å². The maximum atomic E-state index is 11.7. The molecule has 1 aromatic rings. The van der Waals surface area contributed by atoms with E-state index in [9.17, 15) is 4.79 Å². The van der Waals surface area contributed by atoms with E-state index in [1.54, 1.807) is 19.0 Å². The first-order valence-electron chi connectivity index (χ1n) is 8.93. The zero-order valence-corrected chi connectivity index (χ0v) is 15.0. The van der Waals surface area contributed by atoms with Gasteiger partial charge in [-0.05, 0) is 31.0 Å². The lowest BCUT2D eigenvalue weighted by Gasteiger charge is -2.35. The molecule has 0 spiro atoms. The van der Waals surface area contributed by atoms with Crippen LogP contribution in [0.4, 0.5) is 4.79 Å². The summed E-state index contributed by atoms with van der Waals surface area (Å²) in [5.41, 5.74) is 0. The van der Waals surface area contributed by atoms with Crippen LogP contribution in [-0.4, -0.2) is 62.3 Å². The van der Waals surface area contributed by atoms with Crippen molar-refractivity contribution in [1.29, 1.82) is 0 Å². The van der Waals surface area contributed by atoms with Crippen LogP contribution in [-0.2, 0) is 17.7 Å². The Morgan fingerprint density at radius 2 is 2.17 bits per heavy atom. The molecule has 24 heavy (non-hydrogen) atoms. The standard InChI is InChI=1S/C18H29N3O3/c1-4-14-5-6-15(24-14)11-21-8-7-16-13(10-21)12-23-17(16)9-19-18(22)20(2)3/h5-6,13,16-17H,4,7-12H2,1-3H3,(H,19,22)/t13-,16-,17-/m0/s1. The first kappa shape index (κ1) is 17.3. The molecule has 0 aromatic carbocycles. The molecule has 3 atom stereocenters. The lowest BCUT2D eigenvalue weighted by Crippen LogP contribution is -2.45. The fourth-order valence-corrected chi connectivity index (χ4v) is 3.78. The van der Waals surface area contributed by atoms with Crippen LogP contribution in [0.15, 0.2) is 16.5 Å². The van der Waals surface area contributed by atoms with E-state index in [1.807, 2.05) is 0 Å². The van der Waals surface area contributed by atoms with E-state index in [-0.39, 0.29) is 12.1 Å². The first-order valence-corrected chi connectivity index (χ1v) is 8.93. The normalized spacial score (nSPS) is 27.0. The molecule has 0 unspecified atom stereocenters. The highest BCUT2D eigenvalue weighted by Gasteiger charge is 2.40. The molecule has 3 heterocycles. The number of fused-ring (bicyclic) bond motifs is 1. The van der Waals surface area contributed by atoms with Crippen molar-refractivity contribution in [2.45, 2.75) is 32.4 Å². The van der Waals surface area contributed by atoms with Crippen molar-refractivity contribution in [2.24, 2.45) is 11.8 Å².